The maximum absolute atomic E-state index is 12.8. The molecule has 0 unspecified atom stereocenters. The Kier molecular flexibility index (Phi) is 4.44. The van der Waals surface area contributed by atoms with Crippen LogP contribution in [0.2, 0.25) is 0 Å². The van der Waals surface area contributed by atoms with Gasteiger partial charge in [0, 0.05) is 50.6 Å². The number of amides is 2. The summed E-state index contributed by atoms with van der Waals surface area (Å²) in [4.78, 5) is 37.5. The Bertz CT molecular complexity index is 915. The summed E-state index contributed by atoms with van der Waals surface area (Å²) in [5.41, 5.74) is 4.16. The quantitative estimate of drug-likeness (QED) is 0.908. The highest BCUT2D eigenvalue weighted by atomic mass is 16.2. The fourth-order valence-electron chi connectivity index (χ4n) is 3.12. The fourth-order valence-corrected chi connectivity index (χ4v) is 3.12. The molecule has 1 N–H and O–H groups in total. The molecule has 0 bridgehead atoms. The molecule has 6 heteroatoms. The van der Waals surface area contributed by atoms with Crippen molar-refractivity contribution in [2.24, 2.45) is 7.05 Å². The summed E-state index contributed by atoms with van der Waals surface area (Å²) in [5, 5.41) is 2.75. The number of aromatic nitrogens is 1. The molecule has 6 nitrogen and oxygen atoms in total. The van der Waals surface area contributed by atoms with Crippen LogP contribution < -0.4 is 10.9 Å². The molecule has 1 aliphatic rings. The van der Waals surface area contributed by atoms with E-state index >= 15 is 0 Å². The van der Waals surface area contributed by atoms with Crippen LogP contribution in [0.5, 0.6) is 0 Å². The number of nitrogens with zero attached hydrogens (tertiary/aromatic N) is 2. The Morgan fingerprint density at radius 2 is 1.92 bits per heavy atom. The van der Waals surface area contributed by atoms with Gasteiger partial charge < -0.3 is 14.8 Å². The van der Waals surface area contributed by atoms with Crippen molar-refractivity contribution in [3.8, 4) is 0 Å². The van der Waals surface area contributed by atoms with E-state index in [9.17, 15) is 14.4 Å². The highest BCUT2D eigenvalue weighted by molar-refractivity contribution is 5.96. The van der Waals surface area contributed by atoms with Gasteiger partial charge in [0.05, 0.1) is 0 Å². The largest absolute Gasteiger partial charge is 0.334 e. The summed E-state index contributed by atoms with van der Waals surface area (Å²) >= 11 is 0. The van der Waals surface area contributed by atoms with Crippen LogP contribution in [0.3, 0.4) is 0 Å². The molecule has 3 rings (SSSR count). The van der Waals surface area contributed by atoms with Gasteiger partial charge in [0.1, 0.15) is 0 Å². The van der Waals surface area contributed by atoms with Gasteiger partial charge in [-0.05, 0) is 48.2 Å². The number of hydrogen-bond donors (Lipinski definition) is 1. The number of nitrogens with one attached hydrogen (secondary N) is 1. The lowest BCUT2D eigenvalue weighted by atomic mass is 10.0. The number of aryl methyl sites for hydroxylation is 2. The molecule has 0 aliphatic carbocycles. The zero-order valence-corrected chi connectivity index (χ0v) is 14.6. The molecule has 0 radical (unpaired) electrons. The lowest BCUT2D eigenvalue weighted by Gasteiger charge is -2.29. The summed E-state index contributed by atoms with van der Waals surface area (Å²) in [7, 11) is 1.72. The predicted octanol–water partition coefficient (Wildman–Crippen LogP) is 1.85. The maximum Gasteiger partial charge on any atom is 0.254 e. The molecule has 2 heterocycles. The van der Waals surface area contributed by atoms with Crippen LogP contribution in [-0.2, 0) is 24.8 Å². The number of pyridine rings is 1. The third-order valence-electron chi connectivity index (χ3n) is 4.49. The minimum atomic E-state index is -0.138. The van der Waals surface area contributed by atoms with E-state index in [1.807, 2.05) is 13.1 Å². The molecule has 0 spiro atoms. The number of anilines is 1. The van der Waals surface area contributed by atoms with Gasteiger partial charge in [0.15, 0.2) is 0 Å². The van der Waals surface area contributed by atoms with Crippen molar-refractivity contribution in [2.45, 2.75) is 26.8 Å². The molecule has 25 heavy (non-hydrogen) atoms. The second kappa shape index (κ2) is 6.55. The molecule has 0 saturated heterocycles. The predicted molar refractivity (Wildman–Crippen MR) is 95.6 cm³/mol. The summed E-state index contributed by atoms with van der Waals surface area (Å²) in [6.45, 7) is 4.40. The standard InChI is InChI=1S/C19H21N3O3/c1-12-8-15(4-5-17(12)20-13(2)23)19(25)22-7-6-14-9-18(24)21(3)10-16(14)11-22/h4-5,8-10H,6-7,11H2,1-3H3,(H,20,23). The minimum Gasteiger partial charge on any atom is -0.334 e. The van der Waals surface area contributed by atoms with Crippen molar-refractivity contribution < 1.29 is 9.59 Å². The summed E-state index contributed by atoms with van der Waals surface area (Å²) in [6, 6.07) is 6.94. The van der Waals surface area contributed by atoms with E-state index in [-0.39, 0.29) is 17.4 Å². The lowest BCUT2D eigenvalue weighted by Crippen LogP contribution is -2.37. The number of carbonyl (C=O) groups excluding carboxylic acids is 2. The van der Waals surface area contributed by atoms with E-state index in [0.717, 1.165) is 16.7 Å². The third kappa shape index (κ3) is 3.47. The Balaban J connectivity index is 1.82. The van der Waals surface area contributed by atoms with E-state index in [4.69, 9.17) is 0 Å². The first-order valence-electron chi connectivity index (χ1n) is 8.21. The molecule has 2 amide bonds. The number of fused-ring (bicyclic) bond motifs is 1. The van der Waals surface area contributed by atoms with Crippen molar-refractivity contribution in [1.82, 2.24) is 9.47 Å². The van der Waals surface area contributed by atoms with Crippen molar-refractivity contribution >= 4 is 17.5 Å². The van der Waals surface area contributed by atoms with Gasteiger partial charge in [-0.1, -0.05) is 0 Å². The molecule has 130 valence electrons. The average molecular weight is 339 g/mol. The van der Waals surface area contributed by atoms with Crippen LogP contribution >= 0.6 is 0 Å². The Morgan fingerprint density at radius 3 is 2.60 bits per heavy atom. The smallest absolute Gasteiger partial charge is 0.254 e. The lowest BCUT2D eigenvalue weighted by molar-refractivity contribution is -0.114. The Hall–Kier alpha value is -2.89. The molecular weight excluding hydrogens is 318 g/mol. The van der Waals surface area contributed by atoms with Crippen LogP contribution in [0.15, 0.2) is 35.3 Å². The van der Waals surface area contributed by atoms with E-state index < -0.39 is 0 Å². The first-order chi connectivity index (χ1) is 11.8. The van der Waals surface area contributed by atoms with Crippen molar-refractivity contribution in [3.63, 3.8) is 0 Å². The van der Waals surface area contributed by atoms with Crippen LogP contribution in [0.25, 0.3) is 0 Å². The van der Waals surface area contributed by atoms with Gasteiger partial charge >= 0.3 is 0 Å². The normalized spacial score (nSPS) is 13.3. The van der Waals surface area contributed by atoms with Gasteiger partial charge in [0.25, 0.3) is 11.5 Å². The van der Waals surface area contributed by atoms with Crippen molar-refractivity contribution in [3.05, 3.63) is 63.1 Å². The van der Waals surface area contributed by atoms with E-state index in [1.165, 1.54) is 6.92 Å². The van der Waals surface area contributed by atoms with Crippen LogP contribution in [-0.4, -0.2) is 27.8 Å². The Labute approximate surface area is 146 Å². The Morgan fingerprint density at radius 1 is 1.16 bits per heavy atom. The van der Waals surface area contributed by atoms with Gasteiger partial charge in [-0.25, -0.2) is 0 Å². The van der Waals surface area contributed by atoms with Gasteiger partial charge in [-0.15, -0.1) is 0 Å². The summed E-state index contributed by atoms with van der Waals surface area (Å²) in [5.74, 6) is -0.183. The monoisotopic (exact) mass is 339 g/mol. The molecule has 2 aromatic rings. The van der Waals surface area contributed by atoms with E-state index in [1.54, 1.807) is 40.8 Å². The van der Waals surface area contributed by atoms with Crippen LogP contribution in [0.1, 0.15) is 34.0 Å². The van der Waals surface area contributed by atoms with Gasteiger partial charge in [-0.3, -0.25) is 14.4 Å². The second-order valence-corrected chi connectivity index (χ2v) is 6.46. The minimum absolute atomic E-state index is 0.0253. The summed E-state index contributed by atoms with van der Waals surface area (Å²) in [6.07, 6.45) is 2.49. The molecule has 1 aliphatic heterocycles. The van der Waals surface area contributed by atoms with E-state index in [0.29, 0.717) is 30.8 Å². The van der Waals surface area contributed by atoms with Crippen molar-refractivity contribution in [1.29, 1.82) is 0 Å². The number of hydrogen-bond acceptors (Lipinski definition) is 3. The SMILES string of the molecule is CC(=O)Nc1ccc(C(=O)N2CCc3cc(=O)n(C)cc3C2)cc1C. The zero-order valence-electron chi connectivity index (χ0n) is 14.6. The number of rotatable bonds is 2. The van der Waals surface area contributed by atoms with Crippen molar-refractivity contribution in [2.75, 3.05) is 11.9 Å². The molecule has 0 atom stereocenters. The molecule has 0 fully saturated rings. The van der Waals surface area contributed by atoms with Crippen LogP contribution in [0, 0.1) is 6.92 Å². The van der Waals surface area contributed by atoms with Crippen LogP contribution in [0.4, 0.5) is 5.69 Å². The van der Waals surface area contributed by atoms with Gasteiger partial charge in [0.2, 0.25) is 5.91 Å². The first-order valence-corrected chi connectivity index (χ1v) is 8.21. The molecule has 0 saturated carbocycles. The second-order valence-electron chi connectivity index (χ2n) is 6.46. The molecular formula is C19H21N3O3. The zero-order chi connectivity index (χ0) is 18.1. The highest BCUT2D eigenvalue weighted by Gasteiger charge is 2.23. The third-order valence-corrected chi connectivity index (χ3v) is 4.49. The van der Waals surface area contributed by atoms with Gasteiger partial charge in [-0.2, -0.15) is 0 Å². The number of benzene rings is 1. The maximum atomic E-state index is 12.8. The molecule has 1 aromatic carbocycles. The first kappa shape index (κ1) is 17.0. The number of carbonyl (C=O) groups is 2. The average Bonchev–Trinajstić information content (AvgIpc) is 2.56. The molecule has 1 aromatic heterocycles. The topological polar surface area (TPSA) is 71.4 Å². The highest BCUT2D eigenvalue weighted by Crippen LogP contribution is 2.22. The summed E-state index contributed by atoms with van der Waals surface area (Å²) < 4.78 is 1.54. The van der Waals surface area contributed by atoms with E-state index in [2.05, 4.69) is 5.32 Å². The fraction of sp³-hybridized carbons (Fsp3) is 0.316.